The number of hydrogen-bond acceptors (Lipinski definition) is 7. The van der Waals surface area contributed by atoms with Crippen molar-refractivity contribution in [3.8, 4) is 0 Å². The van der Waals surface area contributed by atoms with Crippen molar-refractivity contribution >= 4 is 23.4 Å². The van der Waals surface area contributed by atoms with Crippen LogP contribution in [0.2, 0.25) is 0 Å². The lowest BCUT2D eigenvalue weighted by Crippen LogP contribution is -2.27. The molecule has 0 radical (unpaired) electrons. The van der Waals surface area contributed by atoms with E-state index in [4.69, 9.17) is 18.9 Å². The van der Waals surface area contributed by atoms with Gasteiger partial charge in [-0.15, -0.1) is 0 Å². The zero-order valence-corrected chi connectivity index (χ0v) is 18.6. The molecule has 0 saturated heterocycles. The highest BCUT2D eigenvalue weighted by molar-refractivity contribution is 5.94. The molecule has 0 aliphatic heterocycles. The molecule has 2 amide bonds. The first kappa shape index (κ1) is 26.0. The predicted octanol–water partition coefficient (Wildman–Crippen LogP) is 2.70. The number of alkyl carbamates (subject to hydrolysis) is 1. The van der Waals surface area contributed by atoms with E-state index in [0.29, 0.717) is 57.4 Å². The normalized spacial score (nSPS) is 10.5. The van der Waals surface area contributed by atoms with Crippen molar-refractivity contribution in [2.45, 2.75) is 0 Å². The number of carbonyl (C=O) groups is 2. The standard InChI is InChI=1S/C23H30FN3O6/c1-25-23(29)33-16-15-32-14-13-31-12-11-30-10-9-26-22(28)18-5-7-20(8-6-18)27-21-4-2-3-19(24)17-21/h2-8,17,27H,9-16H2,1H3,(H,25,29)(H,26,28). The largest absolute Gasteiger partial charge is 0.447 e. The topological polar surface area (TPSA) is 107 Å². The number of anilines is 2. The van der Waals surface area contributed by atoms with Crippen molar-refractivity contribution in [1.82, 2.24) is 10.6 Å². The van der Waals surface area contributed by atoms with Crippen molar-refractivity contribution in [2.24, 2.45) is 0 Å². The van der Waals surface area contributed by atoms with Crippen LogP contribution in [0.1, 0.15) is 10.4 Å². The summed E-state index contributed by atoms with van der Waals surface area (Å²) < 4.78 is 34.0. The van der Waals surface area contributed by atoms with E-state index in [2.05, 4.69) is 16.0 Å². The summed E-state index contributed by atoms with van der Waals surface area (Å²) in [5.41, 5.74) is 1.90. The van der Waals surface area contributed by atoms with Crippen LogP contribution in [-0.4, -0.2) is 71.8 Å². The number of carbonyl (C=O) groups excluding carboxylic acids is 2. The first-order chi connectivity index (χ1) is 16.1. The Hall–Kier alpha value is -3.21. The third-order valence-corrected chi connectivity index (χ3v) is 4.20. The van der Waals surface area contributed by atoms with Crippen LogP contribution in [0, 0.1) is 5.82 Å². The van der Waals surface area contributed by atoms with Gasteiger partial charge in [0.1, 0.15) is 12.4 Å². The average molecular weight is 464 g/mol. The zero-order chi connectivity index (χ0) is 23.7. The molecule has 0 unspecified atom stereocenters. The van der Waals surface area contributed by atoms with E-state index >= 15 is 0 Å². The smallest absolute Gasteiger partial charge is 0.406 e. The molecule has 2 aromatic rings. The minimum absolute atomic E-state index is 0.185. The molecule has 2 aromatic carbocycles. The molecule has 0 aromatic heterocycles. The van der Waals surface area contributed by atoms with Crippen LogP contribution in [-0.2, 0) is 18.9 Å². The number of rotatable bonds is 15. The highest BCUT2D eigenvalue weighted by atomic mass is 19.1. The summed E-state index contributed by atoms with van der Waals surface area (Å²) in [5, 5.41) is 8.20. The third-order valence-electron chi connectivity index (χ3n) is 4.20. The molecule has 0 spiro atoms. The Kier molecular flexibility index (Phi) is 12.3. The number of benzene rings is 2. The molecule has 0 saturated carbocycles. The van der Waals surface area contributed by atoms with Gasteiger partial charge in [-0.1, -0.05) is 6.07 Å². The van der Waals surface area contributed by atoms with E-state index < -0.39 is 6.09 Å². The maximum Gasteiger partial charge on any atom is 0.406 e. The molecule has 0 bridgehead atoms. The van der Waals surface area contributed by atoms with E-state index in [1.54, 1.807) is 36.4 Å². The molecule has 0 fully saturated rings. The molecule has 0 heterocycles. The number of ether oxygens (including phenoxy) is 4. The highest BCUT2D eigenvalue weighted by Crippen LogP contribution is 2.17. The molecule has 2 rings (SSSR count). The molecule has 33 heavy (non-hydrogen) atoms. The Morgan fingerprint density at radius 3 is 2.09 bits per heavy atom. The second-order valence-corrected chi connectivity index (χ2v) is 6.69. The Morgan fingerprint density at radius 1 is 0.818 bits per heavy atom. The lowest BCUT2D eigenvalue weighted by Gasteiger charge is -2.09. The van der Waals surface area contributed by atoms with E-state index in [9.17, 15) is 14.0 Å². The number of hydrogen-bond donors (Lipinski definition) is 3. The number of halogens is 1. The molecule has 0 aliphatic rings. The summed E-state index contributed by atoms with van der Waals surface area (Å²) in [6, 6.07) is 13.1. The lowest BCUT2D eigenvalue weighted by atomic mass is 10.2. The third kappa shape index (κ3) is 11.3. The van der Waals surface area contributed by atoms with Crippen LogP contribution < -0.4 is 16.0 Å². The number of amides is 2. The van der Waals surface area contributed by atoms with Crippen LogP contribution in [0.3, 0.4) is 0 Å². The fourth-order valence-electron chi connectivity index (χ4n) is 2.58. The molecular formula is C23H30FN3O6. The van der Waals surface area contributed by atoms with Crippen LogP contribution in [0.15, 0.2) is 48.5 Å². The molecule has 9 nitrogen and oxygen atoms in total. The van der Waals surface area contributed by atoms with Gasteiger partial charge in [-0.05, 0) is 42.5 Å². The first-order valence-electron chi connectivity index (χ1n) is 10.6. The summed E-state index contributed by atoms with van der Waals surface area (Å²) >= 11 is 0. The van der Waals surface area contributed by atoms with Gasteiger partial charge >= 0.3 is 6.09 Å². The van der Waals surface area contributed by atoms with Crippen molar-refractivity contribution in [2.75, 3.05) is 65.2 Å². The second-order valence-electron chi connectivity index (χ2n) is 6.69. The van der Waals surface area contributed by atoms with Crippen LogP contribution in [0.4, 0.5) is 20.6 Å². The Labute approximate surface area is 192 Å². The predicted molar refractivity (Wildman–Crippen MR) is 121 cm³/mol. The quantitative estimate of drug-likeness (QED) is 0.349. The van der Waals surface area contributed by atoms with Crippen LogP contribution in [0.5, 0.6) is 0 Å². The monoisotopic (exact) mass is 463 g/mol. The highest BCUT2D eigenvalue weighted by Gasteiger charge is 2.05. The van der Waals surface area contributed by atoms with Crippen molar-refractivity contribution in [3.63, 3.8) is 0 Å². The SMILES string of the molecule is CNC(=O)OCCOCCOCCOCCNC(=O)c1ccc(Nc2cccc(F)c2)cc1. The van der Waals surface area contributed by atoms with E-state index in [-0.39, 0.29) is 18.3 Å². The van der Waals surface area contributed by atoms with E-state index in [0.717, 1.165) is 5.69 Å². The van der Waals surface area contributed by atoms with Gasteiger partial charge in [0, 0.05) is 30.5 Å². The minimum atomic E-state index is -0.490. The number of nitrogens with one attached hydrogen (secondary N) is 3. The summed E-state index contributed by atoms with van der Waals surface area (Å²) in [6.07, 6.45) is -0.490. The molecule has 3 N–H and O–H groups in total. The van der Waals surface area contributed by atoms with Gasteiger partial charge in [0.05, 0.1) is 39.6 Å². The molecule has 0 aliphatic carbocycles. The Morgan fingerprint density at radius 2 is 1.45 bits per heavy atom. The van der Waals surface area contributed by atoms with Gasteiger partial charge in [-0.2, -0.15) is 0 Å². The van der Waals surface area contributed by atoms with Gasteiger partial charge in [-0.25, -0.2) is 9.18 Å². The summed E-state index contributed by atoms with van der Waals surface area (Å²) in [4.78, 5) is 23.0. The van der Waals surface area contributed by atoms with E-state index in [1.165, 1.54) is 19.2 Å². The van der Waals surface area contributed by atoms with Gasteiger partial charge in [-0.3, -0.25) is 4.79 Å². The zero-order valence-electron chi connectivity index (χ0n) is 18.6. The molecule has 10 heteroatoms. The fourth-order valence-corrected chi connectivity index (χ4v) is 2.58. The maximum atomic E-state index is 13.2. The van der Waals surface area contributed by atoms with Crippen LogP contribution >= 0.6 is 0 Å². The Balaban J connectivity index is 1.47. The summed E-state index contributed by atoms with van der Waals surface area (Å²) in [5.74, 6) is -0.523. The van der Waals surface area contributed by atoms with Crippen LogP contribution in [0.25, 0.3) is 0 Å². The average Bonchev–Trinajstić information content (AvgIpc) is 2.82. The summed E-state index contributed by atoms with van der Waals surface area (Å²) in [7, 11) is 1.49. The van der Waals surface area contributed by atoms with Gasteiger partial charge < -0.3 is 34.9 Å². The van der Waals surface area contributed by atoms with Crippen molar-refractivity contribution in [1.29, 1.82) is 0 Å². The molecule has 0 atom stereocenters. The summed E-state index contributed by atoms with van der Waals surface area (Å²) in [6.45, 7) is 2.83. The van der Waals surface area contributed by atoms with Crippen molar-refractivity contribution < 1.29 is 32.9 Å². The fraction of sp³-hybridized carbons (Fsp3) is 0.391. The van der Waals surface area contributed by atoms with Crippen molar-refractivity contribution in [3.05, 3.63) is 59.9 Å². The van der Waals surface area contributed by atoms with Gasteiger partial charge in [0.15, 0.2) is 0 Å². The lowest BCUT2D eigenvalue weighted by molar-refractivity contribution is 0.00631. The maximum absolute atomic E-state index is 13.2. The molecular weight excluding hydrogens is 433 g/mol. The molecule has 180 valence electrons. The Bertz CT molecular complexity index is 850. The second kappa shape index (κ2) is 15.6. The minimum Gasteiger partial charge on any atom is -0.447 e. The van der Waals surface area contributed by atoms with Gasteiger partial charge in [0.25, 0.3) is 5.91 Å². The first-order valence-corrected chi connectivity index (χ1v) is 10.6. The van der Waals surface area contributed by atoms with E-state index in [1.807, 2.05) is 0 Å². The van der Waals surface area contributed by atoms with Gasteiger partial charge in [0.2, 0.25) is 0 Å².